The number of benzene rings is 10. The molecule has 0 aliphatic carbocycles. The van der Waals surface area contributed by atoms with E-state index in [0.717, 1.165) is 66.6 Å². The highest BCUT2D eigenvalue weighted by Gasteiger charge is 2.23. The standard InChI is InChI=1S/C70H52N4O/c1-70(2,3)55-39-40-71-68(44-55)74-63-32-17-16-29-61(63)62-38-36-57(46-66(62)74)75-67-45-56(35-37-58(67)54-42-52(48-21-8-4-9-22-48)41-53(43-54)49-23-10-5-11-24-49)72-47-73(65-34-19-18-33-64(65)72)69-59(50-25-12-6-13-26-50)30-20-31-60(69)51-27-14-7-15-28-51/h4-46H,1-3H3/i6D,7D,12D,13D,14D,15D,25D,26D,27D,28D. The van der Waals surface area contributed by atoms with Crippen LogP contribution in [0.25, 0.3) is 106 Å². The zero-order valence-corrected chi connectivity index (χ0v) is 41.2. The molecule has 3 aromatic heterocycles. The first-order valence-corrected chi connectivity index (χ1v) is 24.8. The van der Waals surface area contributed by atoms with Gasteiger partial charge in [-0.25, -0.2) is 4.98 Å². The van der Waals surface area contributed by atoms with Gasteiger partial charge >= 0.3 is 0 Å². The van der Waals surface area contributed by atoms with Gasteiger partial charge in [0.1, 0.15) is 17.3 Å². The fourth-order valence-corrected chi connectivity index (χ4v) is 10.1. The lowest BCUT2D eigenvalue weighted by molar-refractivity contribution is -0.571. The highest BCUT2D eigenvalue weighted by Crippen LogP contribution is 2.42. The van der Waals surface area contributed by atoms with Crippen LogP contribution < -0.4 is 9.30 Å². The summed E-state index contributed by atoms with van der Waals surface area (Å²) in [6.07, 6.45) is 5.41. The smallest absolute Gasteiger partial charge is 0.269 e. The third-order valence-electron chi connectivity index (χ3n) is 13.8. The molecule has 0 saturated carbocycles. The van der Waals surface area contributed by atoms with Crippen LogP contribution in [0.2, 0.25) is 0 Å². The first-order chi connectivity index (χ1) is 41.0. The monoisotopic (exact) mass is 974 g/mol. The molecule has 0 N–H and O–H groups in total. The van der Waals surface area contributed by atoms with Gasteiger partial charge in [0.25, 0.3) is 6.33 Å². The van der Waals surface area contributed by atoms with Gasteiger partial charge in [-0.2, -0.15) is 0 Å². The molecule has 0 spiro atoms. The summed E-state index contributed by atoms with van der Waals surface area (Å²) < 4.78 is 102. The van der Waals surface area contributed by atoms with Crippen molar-refractivity contribution >= 4 is 32.8 Å². The Kier molecular flexibility index (Phi) is 8.90. The Morgan fingerprint density at radius 2 is 1.08 bits per heavy atom. The molecule has 75 heavy (non-hydrogen) atoms. The van der Waals surface area contributed by atoms with Crippen LogP contribution in [0.15, 0.2) is 261 Å². The minimum absolute atomic E-state index is 0.133. The van der Waals surface area contributed by atoms with Crippen molar-refractivity contribution in [2.45, 2.75) is 26.2 Å². The topological polar surface area (TPSA) is 35.9 Å². The number of nitrogens with zero attached hydrogens (tertiary/aromatic N) is 4. The van der Waals surface area contributed by atoms with Crippen molar-refractivity contribution in [3.05, 3.63) is 273 Å². The minimum Gasteiger partial charge on any atom is -0.457 e. The number of aromatic nitrogens is 4. The maximum atomic E-state index is 9.21. The molecule has 0 aliphatic rings. The lowest BCUT2D eigenvalue weighted by atomic mass is 9.88. The Morgan fingerprint density at radius 3 is 1.75 bits per heavy atom. The molecule has 0 aliphatic heterocycles. The van der Waals surface area contributed by atoms with E-state index in [-0.39, 0.29) is 33.4 Å². The third-order valence-corrected chi connectivity index (χ3v) is 13.8. The van der Waals surface area contributed by atoms with Crippen LogP contribution in [0.4, 0.5) is 0 Å². The van der Waals surface area contributed by atoms with Crippen molar-refractivity contribution in [2.24, 2.45) is 0 Å². The fourth-order valence-electron chi connectivity index (χ4n) is 10.1. The Balaban J connectivity index is 1.07. The number of fused-ring (bicyclic) bond motifs is 4. The first-order valence-electron chi connectivity index (χ1n) is 29.8. The van der Waals surface area contributed by atoms with Crippen LogP contribution in [0.5, 0.6) is 11.5 Å². The van der Waals surface area contributed by atoms with Crippen LogP contribution in [0.1, 0.15) is 40.0 Å². The molecule has 0 saturated heterocycles. The van der Waals surface area contributed by atoms with E-state index >= 15 is 0 Å². The average molecular weight is 975 g/mol. The maximum Gasteiger partial charge on any atom is 0.269 e. The van der Waals surface area contributed by atoms with Crippen LogP contribution in [0, 0.1) is 6.33 Å². The average Bonchev–Trinajstić information content (AvgIpc) is 3.44. The highest BCUT2D eigenvalue weighted by atomic mass is 16.5. The number of hydrogen-bond donors (Lipinski definition) is 0. The minimum atomic E-state index is -0.576. The Hall–Kier alpha value is -9.58. The van der Waals surface area contributed by atoms with Crippen LogP contribution in [-0.4, -0.2) is 14.1 Å². The van der Waals surface area contributed by atoms with Gasteiger partial charge in [-0.3, -0.25) is 13.7 Å². The molecular formula is C70H52N4O. The van der Waals surface area contributed by atoms with Gasteiger partial charge in [-0.1, -0.05) is 209 Å². The largest absolute Gasteiger partial charge is 0.457 e. The zero-order chi connectivity index (χ0) is 59.2. The highest BCUT2D eigenvalue weighted by molar-refractivity contribution is 6.09. The van der Waals surface area contributed by atoms with E-state index in [1.807, 2.05) is 108 Å². The molecule has 0 bridgehead atoms. The molecule has 13 rings (SSSR count). The van der Waals surface area contributed by atoms with Crippen molar-refractivity contribution in [1.82, 2.24) is 14.1 Å². The lowest BCUT2D eigenvalue weighted by Crippen LogP contribution is -2.31. The van der Waals surface area contributed by atoms with E-state index < -0.39 is 60.4 Å². The van der Waals surface area contributed by atoms with E-state index in [2.05, 4.69) is 111 Å². The third kappa shape index (κ3) is 8.44. The van der Waals surface area contributed by atoms with Crippen LogP contribution in [-0.2, 0) is 5.41 Å². The van der Waals surface area contributed by atoms with Gasteiger partial charge in [0.05, 0.1) is 47.1 Å². The molecule has 0 fully saturated rings. The van der Waals surface area contributed by atoms with E-state index in [9.17, 15) is 5.48 Å². The predicted octanol–water partition coefficient (Wildman–Crippen LogP) is 17.6. The second kappa shape index (κ2) is 18.8. The first kappa shape index (κ1) is 35.5. The number of imidazole rings is 1. The molecule has 13 aromatic rings. The summed E-state index contributed by atoms with van der Waals surface area (Å²) >= 11 is 0. The number of ether oxygens (including phenoxy) is 1. The summed E-state index contributed by atoms with van der Waals surface area (Å²) in [5, 5.41) is 2.08. The number of para-hydroxylation sites is 4. The summed E-state index contributed by atoms with van der Waals surface area (Å²) in [6.45, 7) is 6.56. The Labute approximate surface area is 451 Å². The van der Waals surface area contributed by atoms with Crippen molar-refractivity contribution in [3.8, 4) is 84.3 Å². The quantitative estimate of drug-likeness (QED) is 0.101. The SMILES string of the molecule is [2H]c1c([2H])c([2H])c(-c2cccc(-c3c([2H])c([2H])c([2H])c([2H])c3[2H])c2-[n+]2[c-]n(-c3ccc(-c4cc(-c5ccccc5)cc(-c5ccccc5)c4)c(Oc4ccc5c6ccccc6n(-c6cc(C(C)(C)C)ccn6)c5c4)c3)c3ccccc32)c([2H])c1[2H]. The number of rotatable bonds is 10. The van der Waals surface area contributed by atoms with Gasteiger partial charge in [-0.05, 0) is 122 Å². The Morgan fingerprint density at radius 1 is 0.480 bits per heavy atom. The number of pyridine rings is 1. The summed E-state index contributed by atoms with van der Waals surface area (Å²) in [6, 6.07) is 58.5. The summed E-state index contributed by atoms with van der Waals surface area (Å²) in [5.41, 5.74) is 10.5. The second-order valence-corrected chi connectivity index (χ2v) is 19.5. The molecule has 5 nitrogen and oxygen atoms in total. The summed E-state index contributed by atoms with van der Waals surface area (Å²) in [7, 11) is 0. The van der Waals surface area contributed by atoms with Gasteiger partial charge in [0.2, 0.25) is 0 Å². The summed E-state index contributed by atoms with van der Waals surface area (Å²) in [5.74, 6) is 1.82. The zero-order valence-electron chi connectivity index (χ0n) is 51.2. The van der Waals surface area contributed by atoms with E-state index in [4.69, 9.17) is 17.9 Å². The van der Waals surface area contributed by atoms with Crippen LogP contribution in [0.3, 0.4) is 0 Å². The normalized spacial score (nSPS) is 13.5. The van der Waals surface area contributed by atoms with E-state index in [1.54, 1.807) is 22.8 Å². The molecule has 0 radical (unpaired) electrons. The second-order valence-electron chi connectivity index (χ2n) is 19.5. The maximum absolute atomic E-state index is 9.21. The predicted molar refractivity (Wildman–Crippen MR) is 308 cm³/mol. The molecule has 358 valence electrons. The van der Waals surface area contributed by atoms with Crippen molar-refractivity contribution in [2.75, 3.05) is 0 Å². The van der Waals surface area contributed by atoms with Gasteiger partial charge in [0.15, 0.2) is 0 Å². The molecule has 10 aromatic carbocycles. The Bertz CT molecular complexity index is 4660. The molecular weight excluding hydrogens is 913 g/mol. The van der Waals surface area contributed by atoms with Crippen molar-refractivity contribution in [3.63, 3.8) is 0 Å². The van der Waals surface area contributed by atoms with E-state index in [1.165, 1.54) is 0 Å². The lowest BCUT2D eigenvalue weighted by Gasteiger charge is -2.20. The van der Waals surface area contributed by atoms with Crippen molar-refractivity contribution in [1.29, 1.82) is 0 Å². The molecule has 0 unspecified atom stereocenters. The van der Waals surface area contributed by atoms with E-state index in [0.29, 0.717) is 28.2 Å². The molecule has 3 heterocycles. The van der Waals surface area contributed by atoms with Gasteiger partial charge < -0.3 is 4.74 Å². The molecule has 0 amide bonds. The molecule has 0 atom stereocenters. The van der Waals surface area contributed by atoms with Gasteiger partial charge in [0, 0.05) is 28.6 Å². The van der Waals surface area contributed by atoms with Gasteiger partial charge in [-0.15, -0.1) is 0 Å². The number of hydrogen-bond acceptors (Lipinski definition) is 2. The fraction of sp³-hybridized carbons (Fsp3) is 0.0571. The molecule has 5 heteroatoms. The van der Waals surface area contributed by atoms with Crippen LogP contribution >= 0.6 is 0 Å². The van der Waals surface area contributed by atoms with Crippen molar-refractivity contribution < 1.29 is 23.0 Å². The summed E-state index contributed by atoms with van der Waals surface area (Å²) in [4.78, 5) is 4.94.